The molecule has 2 aromatic rings. The van der Waals surface area contributed by atoms with Crippen LogP contribution in [0.25, 0.3) is 12.2 Å². The molecule has 124 valence electrons. The zero-order valence-corrected chi connectivity index (χ0v) is 14.5. The first kappa shape index (κ1) is 17.6. The van der Waals surface area contributed by atoms with Crippen LogP contribution in [0.5, 0.6) is 5.75 Å². The van der Waals surface area contributed by atoms with Gasteiger partial charge in [-0.25, -0.2) is 0 Å². The van der Waals surface area contributed by atoms with Gasteiger partial charge in [-0.2, -0.15) is 0 Å². The van der Waals surface area contributed by atoms with Crippen molar-refractivity contribution < 1.29 is 9.84 Å². The third kappa shape index (κ3) is 6.09. The van der Waals surface area contributed by atoms with Gasteiger partial charge in [-0.15, -0.1) is 10.2 Å². The second-order valence-electron chi connectivity index (χ2n) is 5.56. The lowest BCUT2D eigenvalue weighted by molar-refractivity contribution is 0.104. The summed E-state index contributed by atoms with van der Waals surface area (Å²) in [6, 6.07) is 8.08. The molecule has 1 unspecified atom stereocenters. The summed E-state index contributed by atoms with van der Waals surface area (Å²) in [6.45, 7) is 6.78. The Morgan fingerprint density at radius 2 is 2.04 bits per heavy atom. The van der Waals surface area contributed by atoms with Gasteiger partial charge in [0.1, 0.15) is 28.5 Å². The van der Waals surface area contributed by atoms with Gasteiger partial charge in [0.05, 0.1) is 0 Å². The molecular formula is C17H23N3O2S. The molecule has 0 fully saturated rings. The second-order valence-corrected chi connectivity index (χ2v) is 6.77. The average molecular weight is 333 g/mol. The summed E-state index contributed by atoms with van der Waals surface area (Å²) in [4.78, 5) is 0. The molecule has 0 aliphatic heterocycles. The van der Waals surface area contributed by atoms with E-state index in [0.717, 1.165) is 21.3 Å². The maximum Gasteiger partial charge on any atom is 0.140 e. The molecule has 0 saturated heterocycles. The Balaban J connectivity index is 1.96. The molecule has 0 saturated carbocycles. The van der Waals surface area contributed by atoms with E-state index in [1.54, 1.807) is 11.3 Å². The highest BCUT2D eigenvalue weighted by Gasteiger charge is 2.07. The predicted molar refractivity (Wildman–Crippen MR) is 94.7 cm³/mol. The SMILES string of the molecule is Cc1nnc(/C=C\c2ccccc2OCC(O)CNC(C)C)s1. The van der Waals surface area contributed by atoms with E-state index in [-0.39, 0.29) is 6.61 Å². The van der Waals surface area contributed by atoms with Crippen molar-refractivity contribution >= 4 is 23.5 Å². The van der Waals surface area contributed by atoms with E-state index < -0.39 is 6.10 Å². The molecule has 1 aromatic carbocycles. The number of hydrogen-bond donors (Lipinski definition) is 2. The van der Waals surface area contributed by atoms with E-state index in [2.05, 4.69) is 15.5 Å². The van der Waals surface area contributed by atoms with E-state index in [1.807, 2.05) is 57.2 Å². The smallest absolute Gasteiger partial charge is 0.140 e. The van der Waals surface area contributed by atoms with E-state index in [4.69, 9.17) is 4.74 Å². The molecule has 0 spiro atoms. The third-order valence-corrected chi connectivity index (χ3v) is 3.86. The largest absolute Gasteiger partial charge is 0.490 e. The maximum atomic E-state index is 9.94. The van der Waals surface area contributed by atoms with Crippen molar-refractivity contribution in [1.29, 1.82) is 0 Å². The number of ether oxygens (including phenoxy) is 1. The minimum Gasteiger partial charge on any atom is -0.490 e. The Kier molecular flexibility index (Phi) is 6.70. The topological polar surface area (TPSA) is 67.3 Å². The molecule has 6 heteroatoms. The summed E-state index contributed by atoms with van der Waals surface area (Å²) in [5, 5.41) is 23.0. The Labute approximate surface area is 141 Å². The molecule has 1 aromatic heterocycles. The fourth-order valence-electron chi connectivity index (χ4n) is 1.91. The molecule has 23 heavy (non-hydrogen) atoms. The molecule has 0 radical (unpaired) electrons. The first-order valence-electron chi connectivity index (χ1n) is 7.66. The first-order valence-corrected chi connectivity index (χ1v) is 8.47. The van der Waals surface area contributed by atoms with Crippen LogP contribution in [-0.4, -0.2) is 40.6 Å². The van der Waals surface area contributed by atoms with Gasteiger partial charge >= 0.3 is 0 Å². The molecule has 5 nitrogen and oxygen atoms in total. The van der Waals surface area contributed by atoms with Crippen LogP contribution in [-0.2, 0) is 0 Å². The van der Waals surface area contributed by atoms with Crippen molar-refractivity contribution in [2.45, 2.75) is 32.9 Å². The molecular weight excluding hydrogens is 310 g/mol. The summed E-state index contributed by atoms with van der Waals surface area (Å²) in [7, 11) is 0. The van der Waals surface area contributed by atoms with Crippen LogP contribution in [0.15, 0.2) is 24.3 Å². The van der Waals surface area contributed by atoms with Crippen LogP contribution in [0.2, 0.25) is 0 Å². The van der Waals surface area contributed by atoms with Gasteiger partial charge in [0, 0.05) is 18.2 Å². The number of aryl methyl sites for hydroxylation is 1. The molecule has 2 N–H and O–H groups in total. The van der Waals surface area contributed by atoms with Crippen LogP contribution in [0.4, 0.5) is 0 Å². The molecule has 0 amide bonds. The predicted octanol–water partition coefficient (Wildman–Crippen LogP) is 2.75. The number of benzene rings is 1. The Hall–Kier alpha value is -1.76. The lowest BCUT2D eigenvalue weighted by atomic mass is 10.2. The van der Waals surface area contributed by atoms with Crippen molar-refractivity contribution in [3.05, 3.63) is 39.8 Å². The summed E-state index contributed by atoms with van der Waals surface area (Å²) in [5.74, 6) is 0.744. The van der Waals surface area contributed by atoms with Crippen molar-refractivity contribution in [1.82, 2.24) is 15.5 Å². The Morgan fingerprint density at radius 1 is 1.26 bits per heavy atom. The van der Waals surface area contributed by atoms with Crippen LogP contribution >= 0.6 is 11.3 Å². The van der Waals surface area contributed by atoms with E-state index in [9.17, 15) is 5.11 Å². The number of nitrogens with one attached hydrogen (secondary N) is 1. The number of nitrogens with zero attached hydrogens (tertiary/aromatic N) is 2. The fraction of sp³-hybridized carbons (Fsp3) is 0.412. The van der Waals surface area contributed by atoms with E-state index in [1.165, 1.54) is 0 Å². The number of para-hydroxylation sites is 1. The van der Waals surface area contributed by atoms with Crippen molar-refractivity contribution in [2.24, 2.45) is 0 Å². The Bertz CT molecular complexity index is 640. The monoisotopic (exact) mass is 333 g/mol. The van der Waals surface area contributed by atoms with Gasteiger partial charge < -0.3 is 15.2 Å². The fourth-order valence-corrected chi connectivity index (χ4v) is 2.51. The molecule has 1 atom stereocenters. The second kappa shape index (κ2) is 8.76. The number of hydrogen-bond acceptors (Lipinski definition) is 6. The molecule has 0 bridgehead atoms. The molecule has 1 heterocycles. The Morgan fingerprint density at radius 3 is 2.74 bits per heavy atom. The van der Waals surface area contributed by atoms with Crippen LogP contribution in [0.1, 0.15) is 29.4 Å². The van der Waals surface area contributed by atoms with E-state index in [0.29, 0.717) is 12.6 Å². The summed E-state index contributed by atoms with van der Waals surface area (Å²) < 4.78 is 5.75. The van der Waals surface area contributed by atoms with Gasteiger partial charge in [-0.1, -0.05) is 43.4 Å². The lowest BCUT2D eigenvalue weighted by Crippen LogP contribution is -2.35. The van der Waals surface area contributed by atoms with Gasteiger partial charge in [0.25, 0.3) is 0 Å². The van der Waals surface area contributed by atoms with Crippen molar-refractivity contribution in [2.75, 3.05) is 13.2 Å². The van der Waals surface area contributed by atoms with E-state index >= 15 is 0 Å². The molecule has 0 aliphatic carbocycles. The minimum absolute atomic E-state index is 0.252. The highest BCUT2D eigenvalue weighted by molar-refractivity contribution is 7.12. The highest BCUT2D eigenvalue weighted by atomic mass is 32.1. The summed E-state index contributed by atoms with van der Waals surface area (Å²) >= 11 is 1.54. The van der Waals surface area contributed by atoms with Crippen molar-refractivity contribution in [3.8, 4) is 5.75 Å². The number of aliphatic hydroxyl groups is 1. The third-order valence-electron chi connectivity index (χ3n) is 3.06. The lowest BCUT2D eigenvalue weighted by Gasteiger charge is -2.16. The summed E-state index contributed by atoms with van der Waals surface area (Å²) in [6.07, 6.45) is 3.33. The zero-order chi connectivity index (χ0) is 16.7. The quantitative estimate of drug-likeness (QED) is 0.777. The average Bonchev–Trinajstić information content (AvgIpc) is 2.95. The minimum atomic E-state index is -0.541. The van der Waals surface area contributed by atoms with Gasteiger partial charge in [0.2, 0.25) is 0 Å². The number of rotatable bonds is 8. The highest BCUT2D eigenvalue weighted by Crippen LogP contribution is 2.21. The van der Waals surface area contributed by atoms with Crippen molar-refractivity contribution in [3.63, 3.8) is 0 Å². The summed E-state index contributed by atoms with van der Waals surface area (Å²) in [5.41, 5.74) is 0.948. The number of aromatic nitrogens is 2. The normalized spacial score (nSPS) is 12.9. The van der Waals surface area contributed by atoms with Crippen LogP contribution in [0.3, 0.4) is 0 Å². The molecule has 2 rings (SSSR count). The van der Waals surface area contributed by atoms with Gasteiger partial charge in [-0.05, 0) is 25.1 Å². The van der Waals surface area contributed by atoms with Gasteiger partial charge in [-0.3, -0.25) is 0 Å². The van der Waals surface area contributed by atoms with Crippen LogP contribution in [0, 0.1) is 6.92 Å². The first-order chi connectivity index (χ1) is 11.0. The zero-order valence-electron chi connectivity index (χ0n) is 13.7. The standard InChI is InChI=1S/C17H23N3O2S/c1-12(2)18-10-15(21)11-22-16-7-5-4-6-14(16)8-9-17-20-19-13(3)23-17/h4-9,12,15,18,21H,10-11H2,1-3H3/b9-8-. The maximum absolute atomic E-state index is 9.94. The number of aliphatic hydroxyl groups excluding tert-OH is 1. The van der Waals surface area contributed by atoms with Gasteiger partial charge in [0.15, 0.2) is 0 Å². The van der Waals surface area contributed by atoms with Crippen LogP contribution < -0.4 is 10.1 Å². The molecule has 0 aliphatic rings.